The number of allylic oxidation sites excluding steroid dienone is 1. The minimum atomic E-state index is -0.0614. The van der Waals surface area contributed by atoms with Crippen LogP contribution < -0.4 is 0 Å². The fourth-order valence-corrected chi connectivity index (χ4v) is 0.944. The Labute approximate surface area is 60.7 Å². The molecule has 0 spiro atoms. The second-order valence-corrected chi connectivity index (χ2v) is 2.87. The maximum Gasteiger partial charge on any atom is 0.272 e. The molecule has 1 aliphatic heterocycles. The van der Waals surface area contributed by atoms with E-state index >= 15 is 0 Å². The van der Waals surface area contributed by atoms with Gasteiger partial charge in [-0.25, -0.2) is 4.99 Å². The number of hydrogen-bond donors (Lipinski definition) is 0. The molecule has 10 heavy (non-hydrogen) atoms. The van der Waals surface area contributed by atoms with Gasteiger partial charge in [0.05, 0.1) is 0 Å². The Morgan fingerprint density at radius 3 is 2.70 bits per heavy atom. The third kappa shape index (κ3) is 1.53. The molecule has 54 valence electrons. The largest absolute Gasteiger partial charge is 0.272 e. The Hall–Kier alpha value is -0.920. The van der Waals surface area contributed by atoms with Gasteiger partial charge in [-0.2, -0.15) is 0 Å². The standard InChI is InChI=1S/C8H11NO/c1-6(2)5-7-3-4-9-8(7)10/h3-4,6H,5H2,1-2H3. The van der Waals surface area contributed by atoms with Crippen LogP contribution in [0.3, 0.4) is 0 Å². The SMILES string of the molecule is CC(C)CC1=CC=NC1=O. The van der Waals surface area contributed by atoms with Gasteiger partial charge >= 0.3 is 0 Å². The van der Waals surface area contributed by atoms with Crippen molar-refractivity contribution in [1.29, 1.82) is 0 Å². The Morgan fingerprint density at radius 2 is 2.30 bits per heavy atom. The van der Waals surface area contributed by atoms with Crippen LogP contribution in [0.15, 0.2) is 16.6 Å². The summed E-state index contributed by atoms with van der Waals surface area (Å²) < 4.78 is 0. The molecule has 0 aliphatic carbocycles. The molecule has 0 N–H and O–H groups in total. The third-order valence-corrected chi connectivity index (χ3v) is 1.37. The molecule has 0 saturated heterocycles. The van der Waals surface area contributed by atoms with Crippen LogP contribution in [-0.2, 0) is 4.79 Å². The number of rotatable bonds is 2. The predicted molar refractivity (Wildman–Crippen MR) is 41.0 cm³/mol. The molecular weight excluding hydrogens is 126 g/mol. The fourth-order valence-electron chi connectivity index (χ4n) is 0.944. The van der Waals surface area contributed by atoms with Gasteiger partial charge in [-0.15, -0.1) is 0 Å². The molecule has 1 heterocycles. The average molecular weight is 137 g/mol. The van der Waals surface area contributed by atoms with E-state index in [0.29, 0.717) is 5.92 Å². The number of amides is 1. The molecule has 1 amide bonds. The van der Waals surface area contributed by atoms with Crippen LogP contribution in [0.2, 0.25) is 0 Å². The van der Waals surface area contributed by atoms with Gasteiger partial charge in [-0.3, -0.25) is 4.79 Å². The summed E-state index contributed by atoms with van der Waals surface area (Å²) in [5, 5.41) is 0. The van der Waals surface area contributed by atoms with Crippen LogP contribution in [-0.4, -0.2) is 12.1 Å². The predicted octanol–water partition coefficient (Wildman–Crippen LogP) is 1.57. The maximum absolute atomic E-state index is 10.8. The van der Waals surface area contributed by atoms with Crippen molar-refractivity contribution >= 4 is 12.1 Å². The molecule has 0 bridgehead atoms. The Bertz CT molecular complexity index is 201. The number of carbonyl (C=O) groups excluding carboxylic acids is 1. The van der Waals surface area contributed by atoms with Crippen molar-refractivity contribution < 1.29 is 4.79 Å². The first-order valence-corrected chi connectivity index (χ1v) is 3.47. The molecule has 0 aromatic rings. The van der Waals surface area contributed by atoms with Gasteiger partial charge in [-0.05, 0) is 18.4 Å². The lowest BCUT2D eigenvalue weighted by atomic mass is 10.0. The summed E-state index contributed by atoms with van der Waals surface area (Å²) in [5.41, 5.74) is 0.843. The molecule has 1 rings (SSSR count). The highest BCUT2D eigenvalue weighted by Crippen LogP contribution is 2.14. The van der Waals surface area contributed by atoms with E-state index in [1.807, 2.05) is 0 Å². The molecule has 0 radical (unpaired) electrons. The van der Waals surface area contributed by atoms with Crippen LogP contribution in [0.4, 0.5) is 0 Å². The van der Waals surface area contributed by atoms with Crippen molar-refractivity contribution in [3.05, 3.63) is 11.6 Å². The highest BCUT2D eigenvalue weighted by atomic mass is 16.1. The summed E-state index contributed by atoms with van der Waals surface area (Å²) in [6.07, 6.45) is 4.21. The quantitative estimate of drug-likeness (QED) is 0.568. The van der Waals surface area contributed by atoms with E-state index in [4.69, 9.17) is 0 Å². The molecule has 0 unspecified atom stereocenters. The van der Waals surface area contributed by atoms with Gasteiger partial charge < -0.3 is 0 Å². The molecule has 0 aromatic carbocycles. The van der Waals surface area contributed by atoms with Crippen LogP contribution in [0, 0.1) is 5.92 Å². The zero-order valence-electron chi connectivity index (χ0n) is 6.29. The minimum absolute atomic E-state index is 0.0614. The summed E-state index contributed by atoms with van der Waals surface area (Å²) >= 11 is 0. The van der Waals surface area contributed by atoms with Crippen molar-refractivity contribution in [3.8, 4) is 0 Å². The smallest absolute Gasteiger partial charge is 0.267 e. The van der Waals surface area contributed by atoms with Gasteiger partial charge in [0.1, 0.15) is 0 Å². The van der Waals surface area contributed by atoms with Gasteiger partial charge in [-0.1, -0.05) is 13.8 Å². The summed E-state index contributed by atoms with van der Waals surface area (Å²) in [6, 6.07) is 0. The number of aliphatic imine (C=N–C) groups is 1. The maximum atomic E-state index is 10.8. The highest BCUT2D eigenvalue weighted by molar-refractivity contribution is 6.07. The van der Waals surface area contributed by atoms with E-state index < -0.39 is 0 Å². The lowest BCUT2D eigenvalue weighted by Crippen LogP contribution is -1.98. The van der Waals surface area contributed by atoms with E-state index in [0.717, 1.165) is 12.0 Å². The van der Waals surface area contributed by atoms with Crippen LogP contribution in [0.25, 0.3) is 0 Å². The number of nitrogens with zero attached hydrogens (tertiary/aromatic N) is 1. The van der Waals surface area contributed by atoms with Gasteiger partial charge in [0, 0.05) is 11.8 Å². The highest BCUT2D eigenvalue weighted by Gasteiger charge is 2.11. The molecular formula is C8H11NO. The van der Waals surface area contributed by atoms with Gasteiger partial charge in [0.15, 0.2) is 0 Å². The summed E-state index contributed by atoms with van der Waals surface area (Å²) in [6.45, 7) is 4.18. The van der Waals surface area contributed by atoms with Crippen molar-refractivity contribution in [1.82, 2.24) is 0 Å². The first kappa shape index (κ1) is 7.19. The lowest BCUT2D eigenvalue weighted by molar-refractivity contribution is -0.114. The Balaban J connectivity index is 2.52. The van der Waals surface area contributed by atoms with Gasteiger partial charge in [0.2, 0.25) is 0 Å². The summed E-state index contributed by atoms with van der Waals surface area (Å²) in [7, 11) is 0. The molecule has 0 aromatic heterocycles. The first-order valence-electron chi connectivity index (χ1n) is 3.47. The zero-order chi connectivity index (χ0) is 7.56. The van der Waals surface area contributed by atoms with Crippen molar-refractivity contribution in [2.24, 2.45) is 10.9 Å². The van der Waals surface area contributed by atoms with Crippen LogP contribution in [0.1, 0.15) is 20.3 Å². The van der Waals surface area contributed by atoms with Crippen LogP contribution >= 0.6 is 0 Å². The Morgan fingerprint density at radius 1 is 1.60 bits per heavy atom. The molecule has 0 saturated carbocycles. The molecule has 2 nitrogen and oxygen atoms in total. The third-order valence-electron chi connectivity index (χ3n) is 1.37. The van der Waals surface area contributed by atoms with E-state index in [1.165, 1.54) is 0 Å². The van der Waals surface area contributed by atoms with Gasteiger partial charge in [0.25, 0.3) is 5.91 Å². The monoisotopic (exact) mass is 137 g/mol. The van der Waals surface area contributed by atoms with E-state index in [1.54, 1.807) is 12.3 Å². The minimum Gasteiger partial charge on any atom is -0.267 e. The molecule has 0 atom stereocenters. The number of hydrogen-bond acceptors (Lipinski definition) is 1. The normalized spacial score (nSPS) is 16.7. The van der Waals surface area contributed by atoms with Crippen LogP contribution in [0.5, 0.6) is 0 Å². The topological polar surface area (TPSA) is 29.4 Å². The fraction of sp³-hybridized carbons (Fsp3) is 0.500. The molecule has 2 heteroatoms. The summed E-state index contributed by atoms with van der Waals surface area (Å²) in [5.74, 6) is 0.477. The second kappa shape index (κ2) is 2.78. The zero-order valence-corrected chi connectivity index (χ0v) is 6.29. The van der Waals surface area contributed by atoms with Crippen molar-refractivity contribution in [2.45, 2.75) is 20.3 Å². The van der Waals surface area contributed by atoms with E-state index in [2.05, 4.69) is 18.8 Å². The molecule has 1 aliphatic rings. The first-order chi connectivity index (χ1) is 4.70. The van der Waals surface area contributed by atoms with E-state index in [9.17, 15) is 4.79 Å². The average Bonchev–Trinajstić information content (AvgIpc) is 2.15. The summed E-state index contributed by atoms with van der Waals surface area (Å²) in [4.78, 5) is 14.5. The molecule has 0 fully saturated rings. The second-order valence-electron chi connectivity index (χ2n) is 2.87. The lowest BCUT2D eigenvalue weighted by Gasteiger charge is -2.01. The van der Waals surface area contributed by atoms with Crippen molar-refractivity contribution in [2.75, 3.05) is 0 Å². The van der Waals surface area contributed by atoms with Crippen molar-refractivity contribution in [3.63, 3.8) is 0 Å². The van der Waals surface area contributed by atoms with E-state index in [-0.39, 0.29) is 5.91 Å². The Kier molecular flexibility index (Phi) is 2.00. The number of carbonyl (C=O) groups is 1.